The van der Waals surface area contributed by atoms with Crippen molar-refractivity contribution in [1.29, 1.82) is 0 Å². The molecule has 0 aromatic carbocycles. The number of carboxylic acid groups (broad SMARTS) is 1. The number of urea groups is 1. The van der Waals surface area contributed by atoms with E-state index in [2.05, 4.69) is 0 Å². The van der Waals surface area contributed by atoms with Crippen LogP contribution in [0, 0.1) is 0 Å². The van der Waals surface area contributed by atoms with Crippen LogP contribution in [0.5, 0.6) is 0 Å². The van der Waals surface area contributed by atoms with Gasteiger partial charge >= 0.3 is 12.0 Å². The molecule has 0 heterocycles. The lowest BCUT2D eigenvalue weighted by Gasteiger charge is -2.27. The van der Waals surface area contributed by atoms with E-state index >= 15 is 0 Å². The highest BCUT2D eigenvalue weighted by atomic mass is 16.5. The predicted octanol–water partition coefficient (Wildman–Crippen LogP) is 0.498. The topological polar surface area (TPSA) is 79.3 Å². The average Bonchev–Trinajstić information content (AvgIpc) is 2.39. The van der Waals surface area contributed by atoms with Crippen molar-refractivity contribution < 1.29 is 24.2 Å². The Labute approximate surface area is 114 Å². The number of carbonyl (C=O) groups excluding carboxylic acids is 1. The van der Waals surface area contributed by atoms with Gasteiger partial charge in [-0.1, -0.05) is 0 Å². The molecule has 0 saturated heterocycles. The highest BCUT2D eigenvalue weighted by molar-refractivity contribution is 5.75. The van der Waals surface area contributed by atoms with E-state index in [4.69, 9.17) is 14.6 Å². The molecular formula is C12H24N2O5. The van der Waals surface area contributed by atoms with Gasteiger partial charge in [0.25, 0.3) is 0 Å². The van der Waals surface area contributed by atoms with E-state index in [1.54, 1.807) is 26.2 Å². The Kier molecular flexibility index (Phi) is 9.82. The average molecular weight is 276 g/mol. The van der Waals surface area contributed by atoms with Crippen LogP contribution in [0.25, 0.3) is 0 Å². The van der Waals surface area contributed by atoms with Gasteiger partial charge in [0, 0.05) is 47.5 Å². The third-order valence-electron chi connectivity index (χ3n) is 2.60. The molecule has 0 aromatic heterocycles. The van der Waals surface area contributed by atoms with Gasteiger partial charge in [-0.3, -0.25) is 4.79 Å². The second-order valence-corrected chi connectivity index (χ2v) is 4.17. The van der Waals surface area contributed by atoms with Crippen molar-refractivity contribution in [3.8, 4) is 0 Å². The molecule has 0 atom stereocenters. The fourth-order valence-corrected chi connectivity index (χ4v) is 1.50. The first-order chi connectivity index (χ1) is 9.02. The number of amides is 2. The molecule has 19 heavy (non-hydrogen) atoms. The van der Waals surface area contributed by atoms with E-state index in [1.807, 2.05) is 0 Å². The van der Waals surface area contributed by atoms with Crippen molar-refractivity contribution in [1.82, 2.24) is 9.80 Å². The first-order valence-electron chi connectivity index (χ1n) is 6.22. The van der Waals surface area contributed by atoms with E-state index in [0.717, 1.165) is 6.42 Å². The van der Waals surface area contributed by atoms with Gasteiger partial charge < -0.3 is 24.4 Å². The summed E-state index contributed by atoms with van der Waals surface area (Å²) in [4.78, 5) is 25.7. The quantitative estimate of drug-likeness (QED) is 0.588. The molecule has 7 nitrogen and oxygen atoms in total. The largest absolute Gasteiger partial charge is 0.481 e. The molecule has 0 unspecified atom stereocenters. The lowest BCUT2D eigenvalue weighted by Crippen LogP contribution is -2.44. The highest BCUT2D eigenvalue weighted by Crippen LogP contribution is 2.00. The number of rotatable bonds is 10. The van der Waals surface area contributed by atoms with Crippen LogP contribution < -0.4 is 0 Å². The summed E-state index contributed by atoms with van der Waals surface area (Å²) in [5, 5.41) is 8.61. The summed E-state index contributed by atoms with van der Waals surface area (Å²) < 4.78 is 9.92. The second-order valence-electron chi connectivity index (χ2n) is 4.17. The Morgan fingerprint density at radius 2 is 1.68 bits per heavy atom. The minimum absolute atomic E-state index is 0.0571. The van der Waals surface area contributed by atoms with Crippen LogP contribution >= 0.6 is 0 Å². The number of aliphatic carboxylic acids is 1. The monoisotopic (exact) mass is 276 g/mol. The summed E-state index contributed by atoms with van der Waals surface area (Å²) in [6.07, 6.45) is 0.678. The highest BCUT2D eigenvalue weighted by Gasteiger charge is 2.17. The van der Waals surface area contributed by atoms with Crippen LogP contribution in [0.3, 0.4) is 0 Å². The smallest absolute Gasteiger partial charge is 0.319 e. The summed E-state index contributed by atoms with van der Waals surface area (Å²) in [6.45, 7) is 2.27. The summed E-state index contributed by atoms with van der Waals surface area (Å²) in [6, 6.07) is -0.186. The molecular weight excluding hydrogens is 252 g/mol. The molecule has 0 spiro atoms. The van der Waals surface area contributed by atoms with Gasteiger partial charge in [0.15, 0.2) is 0 Å². The Hall–Kier alpha value is -1.34. The van der Waals surface area contributed by atoms with Crippen LogP contribution in [0.1, 0.15) is 12.8 Å². The van der Waals surface area contributed by atoms with E-state index in [1.165, 1.54) is 4.90 Å². The fourth-order valence-electron chi connectivity index (χ4n) is 1.50. The van der Waals surface area contributed by atoms with Crippen molar-refractivity contribution in [2.45, 2.75) is 12.8 Å². The summed E-state index contributed by atoms with van der Waals surface area (Å²) in [5.41, 5.74) is 0. The molecule has 0 rings (SSSR count). The molecule has 1 N–H and O–H groups in total. The lowest BCUT2D eigenvalue weighted by atomic mass is 10.3. The number of ether oxygens (including phenoxy) is 2. The SMILES string of the molecule is COCCCN(CCOC)C(=O)N(C)CCC(=O)O. The Bertz CT molecular complexity index is 273. The van der Waals surface area contributed by atoms with Crippen LogP contribution in [0.15, 0.2) is 0 Å². The van der Waals surface area contributed by atoms with E-state index < -0.39 is 5.97 Å². The maximum absolute atomic E-state index is 12.1. The minimum Gasteiger partial charge on any atom is -0.481 e. The van der Waals surface area contributed by atoms with Gasteiger partial charge in [0.1, 0.15) is 0 Å². The van der Waals surface area contributed by atoms with Crippen LogP contribution in [-0.2, 0) is 14.3 Å². The normalized spacial score (nSPS) is 10.3. The standard InChI is InChI=1S/C12H24N2O5/c1-13(7-5-11(15)16)12(17)14(8-10-19-3)6-4-9-18-2/h4-10H2,1-3H3,(H,15,16). The molecule has 0 aliphatic heterocycles. The van der Waals surface area contributed by atoms with E-state index in [0.29, 0.717) is 26.3 Å². The maximum Gasteiger partial charge on any atom is 0.319 e. The summed E-state index contributed by atoms with van der Waals surface area (Å²) in [5.74, 6) is -0.914. The number of methoxy groups -OCH3 is 2. The van der Waals surface area contributed by atoms with Gasteiger partial charge in [-0.05, 0) is 6.42 Å². The molecule has 0 radical (unpaired) electrons. The van der Waals surface area contributed by atoms with Crippen molar-refractivity contribution in [2.24, 2.45) is 0 Å². The van der Waals surface area contributed by atoms with Gasteiger partial charge in [0.2, 0.25) is 0 Å². The van der Waals surface area contributed by atoms with E-state index in [9.17, 15) is 9.59 Å². The molecule has 112 valence electrons. The molecule has 0 saturated carbocycles. The van der Waals surface area contributed by atoms with Crippen LogP contribution in [-0.4, -0.2) is 81.0 Å². The fraction of sp³-hybridized carbons (Fsp3) is 0.833. The molecule has 0 aliphatic carbocycles. The van der Waals surface area contributed by atoms with Gasteiger partial charge in [-0.25, -0.2) is 4.79 Å². The Morgan fingerprint density at radius 3 is 2.21 bits per heavy atom. The van der Waals surface area contributed by atoms with Crippen LogP contribution in [0.2, 0.25) is 0 Å². The number of hydrogen-bond donors (Lipinski definition) is 1. The summed E-state index contributed by atoms with van der Waals surface area (Å²) >= 11 is 0. The first kappa shape index (κ1) is 17.7. The third-order valence-corrected chi connectivity index (χ3v) is 2.60. The second kappa shape index (κ2) is 10.6. The summed E-state index contributed by atoms with van der Waals surface area (Å²) in [7, 11) is 4.79. The van der Waals surface area contributed by atoms with Crippen molar-refractivity contribution >= 4 is 12.0 Å². The molecule has 0 aromatic rings. The lowest BCUT2D eigenvalue weighted by molar-refractivity contribution is -0.137. The van der Waals surface area contributed by atoms with Crippen molar-refractivity contribution in [3.63, 3.8) is 0 Å². The zero-order chi connectivity index (χ0) is 14.7. The van der Waals surface area contributed by atoms with Gasteiger partial charge in [-0.15, -0.1) is 0 Å². The molecule has 0 bridgehead atoms. The maximum atomic E-state index is 12.1. The van der Waals surface area contributed by atoms with E-state index in [-0.39, 0.29) is 19.0 Å². The number of carbonyl (C=O) groups is 2. The van der Waals surface area contributed by atoms with Crippen molar-refractivity contribution in [2.75, 3.05) is 54.1 Å². The molecule has 7 heteroatoms. The Morgan fingerprint density at radius 1 is 1.05 bits per heavy atom. The molecule has 0 fully saturated rings. The number of hydrogen-bond acceptors (Lipinski definition) is 4. The van der Waals surface area contributed by atoms with Crippen molar-refractivity contribution in [3.05, 3.63) is 0 Å². The number of carboxylic acids is 1. The molecule has 0 aliphatic rings. The zero-order valence-electron chi connectivity index (χ0n) is 11.9. The third kappa shape index (κ3) is 8.39. The zero-order valence-corrected chi connectivity index (χ0v) is 11.9. The number of nitrogens with zero attached hydrogens (tertiary/aromatic N) is 2. The first-order valence-corrected chi connectivity index (χ1v) is 6.22. The Balaban J connectivity index is 4.28. The minimum atomic E-state index is -0.914. The van der Waals surface area contributed by atoms with Crippen LogP contribution in [0.4, 0.5) is 4.79 Å². The molecule has 2 amide bonds. The van der Waals surface area contributed by atoms with Gasteiger partial charge in [-0.2, -0.15) is 0 Å². The predicted molar refractivity (Wildman–Crippen MR) is 70.2 cm³/mol. The van der Waals surface area contributed by atoms with Gasteiger partial charge in [0.05, 0.1) is 13.0 Å².